The highest BCUT2D eigenvalue weighted by molar-refractivity contribution is 5.85. The predicted octanol–water partition coefficient (Wildman–Crippen LogP) is 3.12. The standard InChI is InChI=1S/C15H23NO2.ClH/c1-12-9-16(15(2,3)11-18-12)10-13-5-7-14(17-4)8-6-13;/h5-8,12H,9-11H2,1-4H3;1H. The first kappa shape index (κ1) is 16.3. The zero-order valence-corrected chi connectivity index (χ0v) is 13.0. The monoisotopic (exact) mass is 285 g/mol. The summed E-state index contributed by atoms with van der Waals surface area (Å²) in [6.45, 7) is 9.36. The molecule has 1 aliphatic heterocycles. The molecule has 0 amide bonds. The van der Waals surface area contributed by atoms with Crippen molar-refractivity contribution in [3.05, 3.63) is 29.8 Å². The Morgan fingerprint density at radius 3 is 2.53 bits per heavy atom. The molecule has 0 aliphatic carbocycles. The summed E-state index contributed by atoms with van der Waals surface area (Å²) in [6, 6.07) is 8.31. The van der Waals surface area contributed by atoms with Crippen LogP contribution in [0.25, 0.3) is 0 Å². The van der Waals surface area contributed by atoms with Gasteiger partial charge in [0.25, 0.3) is 0 Å². The fraction of sp³-hybridized carbons (Fsp3) is 0.600. The molecule has 1 aromatic rings. The Balaban J connectivity index is 0.00000180. The lowest BCUT2D eigenvalue weighted by molar-refractivity contribution is -0.0949. The van der Waals surface area contributed by atoms with Crippen molar-refractivity contribution in [2.45, 2.75) is 39.0 Å². The lowest BCUT2D eigenvalue weighted by atomic mass is 10.00. The molecule has 1 saturated heterocycles. The molecule has 1 unspecified atom stereocenters. The summed E-state index contributed by atoms with van der Waals surface area (Å²) < 4.78 is 10.9. The summed E-state index contributed by atoms with van der Waals surface area (Å²) in [6.07, 6.45) is 0.316. The SMILES string of the molecule is COc1ccc(CN2CC(C)OCC2(C)C)cc1.Cl. The number of morpholine rings is 1. The number of rotatable bonds is 3. The van der Waals surface area contributed by atoms with Gasteiger partial charge in [-0.1, -0.05) is 12.1 Å². The van der Waals surface area contributed by atoms with Gasteiger partial charge in [-0.25, -0.2) is 0 Å². The van der Waals surface area contributed by atoms with Crippen LogP contribution in [0, 0.1) is 0 Å². The highest BCUT2D eigenvalue weighted by atomic mass is 35.5. The highest BCUT2D eigenvalue weighted by Gasteiger charge is 2.33. The number of nitrogens with zero attached hydrogens (tertiary/aromatic N) is 1. The van der Waals surface area contributed by atoms with Gasteiger partial charge in [-0.2, -0.15) is 0 Å². The third-order valence-corrected chi connectivity index (χ3v) is 3.59. The van der Waals surface area contributed by atoms with Crippen molar-refractivity contribution in [3.8, 4) is 5.75 Å². The molecule has 108 valence electrons. The van der Waals surface area contributed by atoms with E-state index in [0.717, 1.165) is 25.4 Å². The molecule has 0 spiro atoms. The molecule has 1 heterocycles. The van der Waals surface area contributed by atoms with E-state index in [4.69, 9.17) is 9.47 Å². The molecule has 4 heteroatoms. The van der Waals surface area contributed by atoms with Crippen LogP contribution in [0.2, 0.25) is 0 Å². The first-order valence-corrected chi connectivity index (χ1v) is 6.51. The first-order valence-electron chi connectivity index (χ1n) is 6.51. The maximum atomic E-state index is 5.74. The zero-order chi connectivity index (χ0) is 13.2. The van der Waals surface area contributed by atoms with Crippen molar-refractivity contribution in [1.82, 2.24) is 4.90 Å². The molecule has 1 aliphatic rings. The summed E-state index contributed by atoms with van der Waals surface area (Å²) >= 11 is 0. The van der Waals surface area contributed by atoms with Gasteiger partial charge in [-0.3, -0.25) is 4.90 Å². The van der Waals surface area contributed by atoms with E-state index in [9.17, 15) is 0 Å². The second-order valence-electron chi connectivity index (χ2n) is 5.66. The van der Waals surface area contributed by atoms with Crippen LogP contribution in [0.1, 0.15) is 26.3 Å². The summed E-state index contributed by atoms with van der Waals surface area (Å²) in [5.41, 5.74) is 1.42. The molecule has 1 atom stereocenters. The molecule has 0 aromatic heterocycles. The first-order chi connectivity index (χ1) is 8.51. The Morgan fingerprint density at radius 1 is 1.32 bits per heavy atom. The molecule has 0 radical (unpaired) electrons. The van der Waals surface area contributed by atoms with Gasteiger partial charge >= 0.3 is 0 Å². The third-order valence-electron chi connectivity index (χ3n) is 3.59. The topological polar surface area (TPSA) is 21.7 Å². The van der Waals surface area contributed by atoms with E-state index in [1.165, 1.54) is 5.56 Å². The normalized spacial score (nSPS) is 22.6. The fourth-order valence-electron chi connectivity index (χ4n) is 2.28. The van der Waals surface area contributed by atoms with Crippen molar-refractivity contribution in [2.24, 2.45) is 0 Å². The summed E-state index contributed by atoms with van der Waals surface area (Å²) in [4.78, 5) is 2.49. The van der Waals surface area contributed by atoms with Crippen molar-refractivity contribution < 1.29 is 9.47 Å². The largest absolute Gasteiger partial charge is 0.497 e. The van der Waals surface area contributed by atoms with E-state index < -0.39 is 0 Å². The van der Waals surface area contributed by atoms with Crippen LogP contribution >= 0.6 is 12.4 Å². The van der Waals surface area contributed by atoms with E-state index in [-0.39, 0.29) is 17.9 Å². The van der Waals surface area contributed by atoms with Gasteiger partial charge < -0.3 is 9.47 Å². The maximum absolute atomic E-state index is 5.74. The number of methoxy groups -OCH3 is 1. The van der Waals surface area contributed by atoms with Gasteiger partial charge in [0.05, 0.1) is 19.8 Å². The van der Waals surface area contributed by atoms with Crippen LogP contribution in [-0.4, -0.2) is 36.8 Å². The van der Waals surface area contributed by atoms with E-state index >= 15 is 0 Å². The minimum atomic E-state index is 0. The number of hydrogen-bond donors (Lipinski definition) is 0. The predicted molar refractivity (Wildman–Crippen MR) is 80.1 cm³/mol. The number of hydrogen-bond acceptors (Lipinski definition) is 3. The van der Waals surface area contributed by atoms with Crippen molar-refractivity contribution >= 4 is 12.4 Å². The molecule has 0 N–H and O–H groups in total. The highest BCUT2D eigenvalue weighted by Crippen LogP contribution is 2.24. The van der Waals surface area contributed by atoms with E-state index in [1.54, 1.807) is 7.11 Å². The molecular weight excluding hydrogens is 262 g/mol. The molecule has 1 aromatic carbocycles. The average molecular weight is 286 g/mol. The quantitative estimate of drug-likeness (QED) is 0.852. The van der Waals surface area contributed by atoms with Crippen molar-refractivity contribution in [3.63, 3.8) is 0 Å². The maximum Gasteiger partial charge on any atom is 0.118 e. The Kier molecular flexibility index (Phi) is 5.65. The number of halogens is 1. The van der Waals surface area contributed by atoms with Crippen LogP contribution in [0.4, 0.5) is 0 Å². The van der Waals surface area contributed by atoms with Crippen molar-refractivity contribution in [2.75, 3.05) is 20.3 Å². The lowest BCUT2D eigenvalue weighted by Crippen LogP contribution is -2.54. The molecule has 3 nitrogen and oxygen atoms in total. The third kappa shape index (κ3) is 4.10. The van der Waals surface area contributed by atoms with Gasteiger partial charge in [-0.15, -0.1) is 12.4 Å². The van der Waals surface area contributed by atoms with Crippen molar-refractivity contribution in [1.29, 1.82) is 0 Å². The Hall–Kier alpha value is -0.770. The van der Waals surface area contributed by atoms with Gasteiger partial charge in [-0.05, 0) is 38.5 Å². The Labute approximate surface area is 122 Å². The molecular formula is C15H24ClNO2. The zero-order valence-electron chi connectivity index (χ0n) is 12.2. The summed E-state index contributed by atoms with van der Waals surface area (Å²) in [7, 11) is 1.70. The Morgan fingerprint density at radius 2 is 1.95 bits per heavy atom. The molecule has 0 bridgehead atoms. The minimum absolute atomic E-state index is 0. The number of benzene rings is 1. The molecule has 1 fully saturated rings. The molecule has 19 heavy (non-hydrogen) atoms. The van der Waals surface area contributed by atoms with Crippen LogP contribution < -0.4 is 4.74 Å². The number of ether oxygens (including phenoxy) is 2. The lowest BCUT2D eigenvalue weighted by Gasteiger charge is -2.44. The summed E-state index contributed by atoms with van der Waals surface area (Å²) in [5, 5.41) is 0. The minimum Gasteiger partial charge on any atom is -0.497 e. The van der Waals surface area contributed by atoms with E-state index in [1.807, 2.05) is 12.1 Å². The molecule has 2 rings (SSSR count). The van der Waals surface area contributed by atoms with E-state index in [0.29, 0.717) is 6.10 Å². The molecule has 0 saturated carbocycles. The van der Waals surface area contributed by atoms with Gasteiger partial charge in [0.2, 0.25) is 0 Å². The second-order valence-corrected chi connectivity index (χ2v) is 5.66. The van der Waals surface area contributed by atoms with Crippen LogP contribution in [-0.2, 0) is 11.3 Å². The average Bonchev–Trinajstić information content (AvgIpc) is 2.35. The van der Waals surface area contributed by atoms with Gasteiger partial charge in [0.1, 0.15) is 5.75 Å². The van der Waals surface area contributed by atoms with Crippen LogP contribution in [0.3, 0.4) is 0 Å². The van der Waals surface area contributed by atoms with E-state index in [2.05, 4.69) is 37.8 Å². The Bertz CT molecular complexity index is 392. The smallest absolute Gasteiger partial charge is 0.118 e. The second kappa shape index (κ2) is 6.60. The fourth-order valence-corrected chi connectivity index (χ4v) is 2.28. The van der Waals surface area contributed by atoms with Crippen LogP contribution in [0.15, 0.2) is 24.3 Å². The van der Waals surface area contributed by atoms with Crippen LogP contribution in [0.5, 0.6) is 5.75 Å². The van der Waals surface area contributed by atoms with Gasteiger partial charge in [0, 0.05) is 18.6 Å². The van der Waals surface area contributed by atoms with Gasteiger partial charge in [0.15, 0.2) is 0 Å². The summed E-state index contributed by atoms with van der Waals surface area (Å²) in [5.74, 6) is 0.911.